The summed E-state index contributed by atoms with van der Waals surface area (Å²) in [5.74, 6) is -1.25. The Hall–Kier alpha value is -2.65. The standard InChI is InChI=1S/C26H49N5O5/c1-15(2)12-20(24(34)27-9)31(11)26(36)19(8)29-23(33)18(7)28-25(35)21(13-16(3)4)30(10)22(32)14-17(5)6/h15-21H,12-14H2,1-11H3,(H,27,34)(H,28,35)(H,29,33)/t18-,19+,20+,21+/m1/s1. The predicted molar refractivity (Wildman–Crippen MR) is 141 cm³/mol. The van der Waals surface area contributed by atoms with Crippen LogP contribution in [0.25, 0.3) is 0 Å². The fraction of sp³-hybridized carbons (Fsp3) is 0.808. The minimum atomic E-state index is -0.924. The first kappa shape index (κ1) is 33.4. The summed E-state index contributed by atoms with van der Waals surface area (Å²) in [5, 5.41) is 7.90. The Morgan fingerprint density at radius 2 is 1.06 bits per heavy atom. The van der Waals surface area contributed by atoms with Gasteiger partial charge in [-0.3, -0.25) is 24.0 Å². The van der Waals surface area contributed by atoms with Crippen LogP contribution in [-0.2, 0) is 24.0 Å². The molecule has 5 amide bonds. The lowest BCUT2D eigenvalue weighted by Crippen LogP contribution is -2.57. The monoisotopic (exact) mass is 511 g/mol. The minimum absolute atomic E-state index is 0.128. The van der Waals surface area contributed by atoms with Crippen LogP contribution in [0, 0.1) is 17.8 Å². The van der Waals surface area contributed by atoms with E-state index in [0.717, 1.165) is 0 Å². The molecule has 0 unspecified atom stereocenters. The van der Waals surface area contributed by atoms with E-state index in [2.05, 4.69) is 16.0 Å². The summed E-state index contributed by atoms with van der Waals surface area (Å²) in [6, 6.07) is -3.19. The molecule has 0 heterocycles. The number of likely N-dealkylation sites (N-methyl/N-ethyl adjacent to an activating group) is 3. The number of hydrogen-bond donors (Lipinski definition) is 3. The second kappa shape index (κ2) is 15.5. The van der Waals surface area contributed by atoms with Crippen LogP contribution in [0.1, 0.15) is 74.7 Å². The normalized spacial score (nSPS) is 14.6. The van der Waals surface area contributed by atoms with E-state index in [0.29, 0.717) is 19.3 Å². The smallest absolute Gasteiger partial charge is 0.245 e. The lowest BCUT2D eigenvalue weighted by molar-refractivity contribution is -0.142. The third kappa shape index (κ3) is 11.0. The molecule has 0 saturated carbocycles. The van der Waals surface area contributed by atoms with Crippen LogP contribution in [0.15, 0.2) is 0 Å². The van der Waals surface area contributed by atoms with Gasteiger partial charge in [0, 0.05) is 27.6 Å². The van der Waals surface area contributed by atoms with Crippen molar-refractivity contribution in [2.75, 3.05) is 21.1 Å². The molecule has 10 heteroatoms. The maximum atomic E-state index is 13.0. The molecule has 0 aromatic rings. The van der Waals surface area contributed by atoms with Crippen LogP contribution in [0.2, 0.25) is 0 Å². The second-order valence-corrected chi connectivity index (χ2v) is 10.9. The molecular formula is C26H49N5O5. The zero-order chi connectivity index (χ0) is 28.3. The van der Waals surface area contributed by atoms with Crippen molar-refractivity contribution in [1.82, 2.24) is 25.8 Å². The van der Waals surface area contributed by atoms with Crippen LogP contribution in [-0.4, -0.2) is 84.6 Å². The van der Waals surface area contributed by atoms with Gasteiger partial charge in [0.05, 0.1) is 0 Å². The van der Waals surface area contributed by atoms with E-state index >= 15 is 0 Å². The Kier molecular flexibility index (Phi) is 14.3. The van der Waals surface area contributed by atoms with Gasteiger partial charge in [-0.1, -0.05) is 41.5 Å². The van der Waals surface area contributed by atoms with Crippen molar-refractivity contribution in [2.45, 2.75) is 98.8 Å². The van der Waals surface area contributed by atoms with E-state index < -0.39 is 41.9 Å². The molecule has 36 heavy (non-hydrogen) atoms. The Labute approximate surface area is 217 Å². The third-order valence-corrected chi connectivity index (χ3v) is 5.98. The number of nitrogens with one attached hydrogen (secondary N) is 3. The molecule has 4 atom stereocenters. The van der Waals surface area contributed by atoms with Gasteiger partial charge < -0.3 is 25.8 Å². The van der Waals surface area contributed by atoms with Crippen molar-refractivity contribution in [3.8, 4) is 0 Å². The molecule has 10 nitrogen and oxygen atoms in total. The van der Waals surface area contributed by atoms with E-state index in [-0.39, 0.29) is 29.6 Å². The second-order valence-electron chi connectivity index (χ2n) is 10.9. The largest absolute Gasteiger partial charge is 0.357 e. The number of nitrogens with zero attached hydrogens (tertiary/aromatic N) is 2. The third-order valence-electron chi connectivity index (χ3n) is 5.98. The zero-order valence-corrected chi connectivity index (χ0v) is 24.1. The van der Waals surface area contributed by atoms with Gasteiger partial charge in [-0.05, 0) is 44.4 Å². The van der Waals surface area contributed by atoms with Gasteiger partial charge in [-0.25, -0.2) is 0 Å². The highest BCUT2D eigenvalue weighted by Crippen LogP contribution is 2.15. The number of hydrogen-bond acceptors (Lipinski definition) is 5. The molecule has 0 saturated heterocycles. The molecule has 0 aliphatic rings. The van der Waals surface area contributed by atoms with Gasteiger partial charge in [-0.15, -0.1) is 0 Å². The molecule has 208 valence electrons. The summed E-state index contributed by atoms with van der Waals surface area (Å²) in [5.41, 5.74) is 0. The molecule has 0 fully saturated rings. The Balaban J connectivity index is 5.31. The highest BCUT2D eigenvalue weighted by molar-refractivity contribution is 5.95. The van der Waals surface area contributed by atoms with Crippen molar-refractivity contribution in [3.05, 3.63) is 0 Å². The summed E-state index contributed by atoms with van der Waals surface area (Å²) in [7, 11) is 4.67. The average molecular weight is 512 g/mol. The van der Waals surface area contributed by atoms with Crippen molar-refractivity contribution >= 4 is 29.5 Å². The molecule has 0 aliphatic carbocycles. The van der Waals surface area contributed by atoms with Gasteiger partial charge in [0.15, 0.2) is 0 Å². The fourth-order valence-corrected chi connectivity index (χ4v) is 3.84. The summed E-state index contributed by atoms with van der Waals surface area (Å²) < 4.78 is 0. The van der Waals surface area contributed by atoms with Gasteiger partial charge in [0.1, 0.15) is 24.2 Å². The Morgan fingerprint density at radius 3 is 1.47 bits per heavy atom. The molecule has 0 aromatic heterocycles. The summed E-state index contributed by atoms with van der Waals surface area (Å²) in [6.07, 6.45) is 1.27. The highest BCUT2D eigenvalue weighted by atomic mass is 16.2. The van der Waals surface area contributed by atoms with E-state index in [1.54, 1.807) is 21.0 Å². The molecule has 0 radical (unpaired) electrons. The van der Waals surface area contributed by atoms with Crippen molar-refractivity contribution in [3.63, 3.8) is 0 Å². The fourth-order valence-electron chi connectivity index (χ4n) is 3.84. The Bertz CT molecular complexity index is 768. The molecule has 0 aromatic carbocycles. The van der Waals surface area contributed by atoms with Crippen LogP contribution in [0.4, 0.5) is 0 Å². The zero-order valence-electron chi connectivity index (χ0n) is 24.1. The topological polar surface area (TPSA) is 128 Å². The molecular weight excluding hydrogens is 462 g/mol. The number of carbonyl (C=O) groups is 5. The van der Waals surface area contributed by atoms with Crippen LogP contribution in [0.3, 0.4) is 0 Å². The van der Waals surface area contributed by atoms with Gasteiger partial charge in [0.2, 0.25) is 29.5 Å². The summed E-state index contributed by atoms with van der Waals surface area (Å²) >= 11 is 0. The molecule has 0 spiro atoms. The molecule has 0 aliphatic heterocycles. The maximum absolute atomic E-state index is 13.0. The quantitative estimate of drug-likeness (QED) is 0.326. The minimum Gasteiger partial charge on any atom is -0.357 e. The van der Waals surface area contributed by atoms with Gasteiger partial charge >= 0.3 is 0 Å². The van der Waals surface area contributed by atoms with Crippen molar-refractivity contribution in [1.29, 1.82) is 0 Å². The van der Waals surface area contributed by atoms with E-state index in [1.807, 2.05) is 41.5 Å². The first-order valence-corrected chi connectivity index (χ1v) is 12.9. The van der Waals surface area contributed by atoms with Crippen molar-refractivity contribution in [2.24, 2.45) is 17.8 Å². The number of carbonyl (C=O) groups excluding carboxylic acids is 5. The van der Waals surface area contributed by atoms with Crippen LogP contribution >= 0.6 is 0 Å². The molecule has 0 bridgehead atoms. The summed E-state index contributed by atoms with van der Waals surface area (Å²) in [6.45, 7) is 14.8. The van der Waals surface area contributed by atoms with Gasteiger partial charge in [-0.2, -0.15) is 0 Å². The molecule has 3 N–H and O–H groups in total. The van der Waals surface area contributed by atoms with Crippen LogP contribution in [0.5, 0.6) is 0 Å². The molecule has 0 rings (SSSR count). The Morgan fingerprint density at radius 1 is 0.611 bits per heavy atom. The summed E-state index contributed by atoms with van der Waals surface area (Å²) in [4.78, 5) is 66.5. The van der Waals surface area contributed by atoms with Crippen molar-refractivity contribution < 1.29 is 24.0 Å². The number of amides is 5. The maximum Gasteiger partial charge on any atom is 0.245 e. The lowest BCUT2D eigenvalue weighted by Gasteiger charge is -2.31. The highest BCUT2D eigenvalue weighted by Gasteiger charge is 2.32. The number of rotatable bonds is 14. The predicted octanol–water partition coefficient (Wildman–Crippen LogP) is 1.53. The lowest BCUT2D eigenvalue weighted by atomic mass is 10.0. The van der Waals surface area contributed by atoms with Gasteiger partial charge in [0.25, 0.3) is 0 Å². The average Bonchev–Trinajstić information content (AvgIpc) is 2.77. The van der Waals surface area contributed by atoms with Crippen LogP contribution < -0.4 is 16.0 Å². The van der Waals surface area contributed by atoms with E-state index in [4.69, 9.17) is 0 Å². The first-order chi connectivity index (χ1) is 16.5. The van der Waals surface area contributed by atoms with E-state index in [1.165, 1.54) is 23.8 Å². The SMILES string of the molecule is CNC(=O)[C@H](CC(C)C)N(C)C(=O)[C@H](C)NC(=O)[C@@H](C)NC(=O)[C@H](CC(C)C)N(C)C(=O)CC(C)C. The first-order valence-electron chi connectivity index (χ1n) is 12.9. The van der Waals surface area contributed by atoms with E-state index in [9.17, 15) is 24.0 Å².